The van der Waals surface area contributed by atoms with E-state index in [0.29, 0.717) is 5.92 Å². The predicted octanol–water partition coefficient (Wildman–Crippen LogP) is 3.45. The van der Waals surface area contributed by atoms with Crippen molar-refractivity contribution in [3.05, 3.63) is 29.3 Å². The Morgan fingerprint density at radius 3 is 2.42 bits per heavy atom. The molecule has 0 amide bonds. The van der Waals surface area contributed by atoms with Crippen LogP contribution in [0.4, 0.5) is 5.69 Å². The fraction of sp³-hybridized carbons (Fsp3) is 0.364. The molecule has 0 spiro atoms. The van der Waals surface area contributed by atoms with Crippen LogP contribution >= 0.6 is 0 Å². The third-order valence-electron chi connectivity index (χ3n) is 2.05. The van der Waals surface area contributed by atoms with E-state index >= 15 is 0 Å². The Balaban J connectivity index is 3.27. The monoisotopic (exact) mass is 161 g/mol. The number of aryl methyl sites for hydroxylation is 1. The van der Waals surface area contributed by atoms with Crippen molar-refractivity contribution in [2.75, 3.05) is 0 Å². The molecule has 64 valence electrons. The van der Waals surface area contributed by atoms with Crippen molar-refractivity contribution >= 4 is 12.4 Å². The summed E-state index contributed by atoms with van der Waals surface area (Å²) in [5.41, 5.74) is 3.54. The Morgan fingerprint density at radius 2 is 2.00 bits per heavy atom. The third kappa shape index (κ3) is 1.55. The maximum Gasteiger partial charge on any atom is 0.0686 e. The van der Waals surface area contributed by atoms with Gasteiger partial charge >= 0.3 is 0 Å². The molecule has 1 heteroatoms. The van der Waals surface area contributed by atoms with Gasteiger partial charge in [0.2, 0.25) is 0 Å². The molecule has 1 rings (SSSR count). The number of nitrogens with zero attached hydrogens (tertiary/aromatic N) is 1. The van der Waals surface area contributed by atoms with Crippen LogP contribution in [0.1, 0.15) is 30.9 Å². The van der Waals surface area contributed by atoms with E-state index in [0.717, 1.165) is 5.69 Å². The molecule has 0 fully saturated rings. The molecule has 0 saturated heterocycles. The highest BCUT2D eigenvalue weighted by molar-refractivity contribution is 5.57. The molecule has 0 heterocycles. The predicted molar refractivity (Wildman–Crippen MR) is 54.5 cm³/mol. The quantitative estimate of drug-likeness (QED) is 0.589. The van der Waals surface area contributed by atoms with Gasteiger partial charge in [-0.2, -0.15) is 0 Å². The molecule has 1 nitrogen and oxygen atoms in total. The molecule has 0 aliphatic rings. The van der Waals surface area contributed by atoms with Crippen LogP contribution in [-0.4, -0.2) is 6.72 Å². The van der Waals surface area contributed by atoms with Crippen LogP contribution in [0, 0.1) is 6.92 Å². The van der Waals surface area contributed by atoms with Crippen molar-refractivity contribution in [3.8, 4) is 0 Å². The maximum absolute atomic E-state index is 4.04. The van der Waals surface area contributed by atoms with Crippen LogP contribution in [0.2, 0.25) is 0 Å². The zero-order chi connectivity index (χ0) is 9.14. The molecular formula is C11H15N. The van der Waals surface area contributed by atoms with Gasteiger partial charge in [-0.15, -0.1) is 0 Å². The van der Waals surface area contributed by atoms with Crippen LogP contribution in [0.25, 0.3) is 0 Å². The summed E-state index contributed by atoms with van der Waals surface area (Å²) < 4.78 is 0. The first-order valence-electron chi connectivity index (χ1n) is 4.23. The van der Waals surface area contributed by atoms with Gasteiger partial charge in [0, 0.05) is 0 Å². The minimum Gasteiger partial charge on any atom is -0.264 e. The van der Waals surface area contributed by atoms with Gasteiger partial charge in [-0.3, -0.25) is 4.99 Å². The van der Waals surface area contributed by atoms with E-state index in [1.165, 1.54) is 11.1 Å². The molecule has 0 bridgehead atoms. The Kier molecular flexibility index (Phi) is 2.64. The minimum absolute atomic E-state index is 0.519. The summed E-state index contributed by atoms with van der Waals surface area (Å²) >= 11 is 0. The van der Waals surface area contributed by atoms with Crippen molar-refractivity contribution in [3.63, 3.8) is 0 Å². The normalized spacial score (nSPS) is 10.3. The minimum atomic E-state index is 0.519. The molecule has 0 saturated carbocycles. The fourth-order valence-corrected chi connectivity index (χ4v) is 1.36. The molecule has 0 atom stereocenters. The van der Waals surface area contributed by atoms with Crippen LogP contribution in [0.5, 0.6) is 0 Å². The highest BCUT2D eigenvalue weighted by Gasteiger charge is 2.06. The zero-order valence-corrected chi connectivity index (χ0v) is 7.96. The molecule has 1 aromatic carbocycles. The molecule has 0 N–H and O–H groups in total. The van der Waals surface area contributed by atoms with E-state index in [2.05, 4.69) is 50.7 Å². The Bertz CT molecular complexity index is 287. The summed E-state index contributed by atoms with van der Waals surface area (Å²) in [6.45, 7) is 9.99. The van der Waals surface area contributed by atoms with Crippen LogP contribution < -0.4 is 0 Å². The summed E-state index contributed by atoms with van der Waals surface area (Å²) in [6.07, 6.45) is 0. The molecule has 1 aromatic rings. The van der Waals surface area contributed by atoms with E-state index in [4.69, 9.17) is 0 Å². The topological polar surface area (TPSA) is 12.4 Å². The summed E-state index contributed by atoms with van der Waals surface area (Å²) in [7, 11) is 0. The highest BCUT2D eigenvalue weighted by atomic mass is 14.7. The Morgan fingerprint density at radius 1 is 1.33 bits per heavy atom. The molecule has 0 aromatic heterocycles. The number of para-hydroxylation sites is 1. The molecule has 0 unspecified atom stereocenters. The first kappa shape index (κ1) is 8.98. The van der Waals surface area contributed by atoms with E-state index in [1.807, 2.05) is 0 Å². The molecule has 0 aliphatic heterocycles. The van der Waals surface area contributed by atoms with Crippen molar-refractivity contribution in [2.24, 2.45) is 4.99 Å². The van der Waals surface area contributed by atoms with E-state index < -0.39 is 0 Å². The van der Waals surface area contributed by atoms with Crippen molar-refractivity contribution in [1.82, 2.24) is 0 Å². The lowest BCUT2D eigenvalue weighted by molar-refractivity contribution is 0.865. The first-order chi connectivity index (χ1) is 5.66. The van der Waals surface area contributed by atoms with Gasteiger partial charge in [-0.25, -0.2) is 0 Å². The van der Waals surface area contributed by atoms with Gasteiger partial charge in [0.1, 0.15) is 0 Å². The molecule has 12 heavy (non-hydrogen) atoms. The zero-order valence-electron chi connectivity index (χ0n) is 7.96. The van der Waals surface area contributed by atoms with E-state index in [1.54, 1.807) is 0 Å². The number of hydrogen-bond donors (Lipinski definition) is 0. The summed E-state index contributed by atoms with van der Waals surface area (Å²) in [5.74, 6) is 0.519. The van der Waals surface area contributed by atoms with Gasteiger partial charge in [0.05, 0.1) is 5.69 Å². The first-order valence-corrected chi connectivity index (χ1v) is 4.23. The second-order valence-corrected chi connectivity index (χ2v) is 3.33. The number of benzene rings is 1. The lowest BCUT2D eigenvalue weighted by atomic mass is 9.99. The van der Waals surface area contributed by atoms with Crippen LogP contribution in [0.15, 0.2) is 23.2 Å². The maximum atomic E-state index is 4.04. The Labute approximate surface area is 74.2 Å². The number of aliphatic imine (C=N–C) groups is 1. The van der Waals surface area contributed by atoms with Crippen molar-refractivity contribution < 1.29 is 0 Å². The number of rotatable bonds is 2. The highest BCUT2D eigenvalue weighted by Crippen LogP contribution is 2.29. The van der Waals surface area contributed by atoms with E-state index in [9.17, 15) is 0 Å². The van der Waals surface area contributed by atoms with Gasteiger partial charge in [-0.1, -0.05) is 32.0 Å². The third-order valence-corrected chi connectivity index (χ3v) is 2.05. The van der Waals surface area contributed by atoms with Crippen molar-refractivity contribution in [1.29, 1.82) is 0 Å². The van der Waals surface area contributed by atoms with E-state index in [-0.39, 0.29) is 0 Å². The largest absolute Gasteiger partial charge is 0.264 e. The van der Waals surface area contributed by atoms with Crippen LogP contribution in [-0.2, 0) is 0 Å². The van der Waals surface area contributed by atoms with Gasteiger partial charge < -0.3 is 0 Å². The summed E-state index contributed by atoms with van der Waals surface area (Å²) in [6, 6.07) is 6.25. The molecule has 0 radical (unpaired) electrons. The van der Waals surface area contributed by atoms with Crippen molar-refractivity contribution in [2.45, 2.75) is 26.7 Å². The second-order valence-electron chi connectivity index (χ2n) is 3.33. The summed E-state index contributed by atoms with van der Waals surface area (Å²) in [4.78, 5) is 4.04. The lowest BCUT2D eigenvalue weighted by Gasteiger charge is -2.10. The Hall–Kier alpha value is -1.11. The molecule has 0 aliphatic carbocycles. The van der Waals surface area contributed by atoms with Gasteiger partial charge in [-0.05, 0) is 30.7 Å². The van der Waals surface area contributed by atoms with Crippen LogP contribution in [0.3, 0.4) is 0 Å². The van der Waals surface area contributed by atoms with Gasteiger partial charge in [0.15, 0.2) is 0 Å². The lowest BCUT2D eigenvalue weighted by Crippen LogP contribution is -1.89. The average molecular weight is 161 g/mol. The smallest absolute Gasteiger partial charge is 0.0686 e. The number of hydrogen-bond acceptors (Lipinski definition) is 1. The van der Waals surface area contributed by atoms with Gasteiger partial charge in [0.25, 0.3) is 0 Å². The standard InChI is InChI=1S/C11H15N/c1-8(2)10-7-5-6-9(3)11(10)12-4/h5-8H,4H2,1-3H3. The fourth-order valence-electron chi connectivity index (χ4n) is 1.36. The average Bonchev–Trinajstić information content (AvgIpc) is 2.03. The molecular weight excluding hydrogens is 146 g/mol. The second kappa shape index (κ2) is 3.53. The summed E-state index contributed by atoms with van der Waals surface area (Å²) in [5, 5.41) is 0. The SMILES string of the molecule is C=Nc1c(C)cccc1C(C)C.